The molecule has 0 aromatic carbocycles. The van der Waals surface area contributed by atoms with Gasteiger partial charge >= 0.3 is 0 Å². The SMILES string of the molecule is O=c1[nH]cc(S(=O)(=O)Nc2ccccn2)cc1Cl. The minimum absolute atomic E-state index is 0.141. The lowest BCUT2D eigenvalue weighted by Crippen LogP contribution is -2.16. The third-order valence-corrected chi connectivity index (χ3v) is 3.66. The molecule has 0 aliphatic carbocycles. The zero-order chi connectivity index (χ0) is 13.2. The summed E-state index contributed by atoms with van der Waals surface area (Å²) in [6, 6.07) is 5.88. The van der Waals surface area contributed by atoms with Crippen LogP contribution in [-0.4, -0.2) is 18.4 Å². The summed E-state index contributed by atoms with van der Waals surface area (Å²) in [5.41, 5.74) is -0.548. The molecule has 2 heterocycles. The molecule has 0 saturated heterocycles. The van der Waals surface area contributed by atoms with Crippen LogP contribution in [-0.2, 0) is 10.0 Å². The van der Waals surface area contributed by atoms with Crippen LogP contribution in [0.2, 0.25) is 5.02 Å². The molecule has 2 rings (SSSR count). The van der Waals surface area contributed by atoms with Gasteiger partial charge < -0.3 is 4.98 Å². The summed E-state index contributed by atoms with van der Waals surface area (Å²) in [5, 5.41) is -0.195. The van der Waals surface area contributed by atoms with E-state index in [9.17, 15) is 13.2 Å². The van der Waals surface area contributed by atoms with E-state index < -0.39 is 15.6 Å². The number of nitrogens with zero attached hydrogens (tertiary/aromatic N) is 1. The van der Waals surface area contributed by atoms with Crippen molar-refractivity contribution in [3.63, 3.8) is 0 Å². The van der Waals surface area contributed by atoms with E-state index in [-0.39, 0.29) is 15.7 Å². The van der Waals surface area contributed by atoms with Gasteiger partial charge in [-0.15, -0.1) is 0 Å². The summed E-state index contributed by atoms with van der Waals surface area (Å²) >= 11 is 5.57. The Kier molecular flexibility index (Phi) is 3.35. The normalized spacial score (nSPS) is 11.2. The summed E-state index contributed by atoms with van der Waals surface area (Å²) in [4.78, 5) is 17.0. The maximum Gasteiger partial charge on any atom is 0.266 e. The van der Waals surface area contributed by atoms with Crippen molar-refractivity contribution in [3.05, 3.63) is 52.0 Å². The smallest absolute Gasteiger partial charge is 0.266 e. The third-order valence-electron chi connectivity index (χ3n) is 2.05. The third kappa shape index (κ3) is 2.69. The first-order valence-electron chi connectivity index (χ1n) is 4.81. The van der Waals surface area contributed by atoms with Gasteiger partial charge in [0.25, 0.3) is 15.6 Å². The van der Waals surface area contributed by atoms with Crippen molar-refractivity contribution in [3.8, 4) is 0 Å². The van der Waals surface area contributed by atoms with Gasteiger partial charge in [0.2, 0.25) is 0 Å². The minimum Gasteiger partial charge on any atom is -0.326 e. The molecule has 0 amide bonds. The Hall–Kier alpha value is -1.86. The molecule has 0 aliphatic rings. The van der Waals surface area contributed by atoms with Crippen LogP contribution in [0.25, 0.3) is 0 Å². The molecule has 0 unspecified atom stereocenters. The second kappa shape index (κ2) is 4.79. The summed E-state index contributed by atoms with van der Waals surface area (Å²) in [5.74, 6) is 0.180. The number of rotatable bonds is 3. The van der Waals surface area contributed by atoms with E-state index in [1.54, 1.807) is 12.1 Å². The van der Waals surface area contributed by atoms with Crippen LogP contribution < -0.4 is 10.3 Å². The summed E-state index contributed by atoms with van der Waals surface area (Å²) in [7, 11) is -3.82. The van der Waals surface area contributed by atoms with Gasteiger partial charge in [0, 0.05) is 12.4 Å². The molecule has 2 N–H and O–H groups in total. The van der Waals surface area contributed by atoms with Crippen molar-refractivity contribution in [2.45, 2.75) is 4.90 Å². The first-order valence-corrected chi connectivity index (χ1v) is 6.67. The van der Waals surface area contributed by atoms with Crippen LogP contribution in [0.15, 0.2) is 46.3 Å². The van der Waals surface area contributed by atoms with Crippen LogP contribution in [0, 0.1) is 0 Å². The largest absolute Gasteiger partial charge is 0.326 e. The maximum absolute atomic E-state index is 11.9. The Labute approximate surface area is 108 Å². The van der Waals surface area contributed by atoms with Gasteiger partial charge in [0.05, 0.1) is 0 Å². The van der Waals surface area contributed by atoms with E-state index in [0.717, 1.165) is 12.3 Å². The fourth-order valence-electron chi connectivity index (χ4n) is 1.21. The number of anilines is 1. The van der Waals surface area contributed by atoms with Crippen LogP contribution in [0.5, 0.6) is 0 Å². The first kappa shape index (κ1) is 12.6. The number of sulfonamides is 1. The van der Waals surface area contributed by atoms with Gasteiger partial charge in [0.1, 0.15) is 15.7 Å². The summed E-state index contributed by atoms with van der Waals surface area (Å²) in [6.07, 6.45) is 2.52. The highest BCUT2D eigenvalue weighted by Crippen LogP contribution is 2.14. The number of nitrogens with one attached hydrogen (secondary N) is 2. The molecule has 0 atom stereocenters. The van der Waals surface area contributed by atoms with E-state index in [4.69, 9.17) is 11.6 Å². The van der Waals surface area contributed by atoms with E-state index in [1.807, 2.05) is 0 Å². The first-order chi connectivity index (χ1) is 8.49. The Morgan fingerprint density at radius 2 is 2.11 bits per heavy atom. The number of H-pyrrole nitrogens is 1. The standard InChI is InChI=1S/C10H8ClN3O3S/c11-8-5-7(6-13-10(8)15)18(16,17)14-9-3-1-2-4-12-9/h1-6H,(H,12,14)(H,13,15). The van der Waals surface area contributed by atoms with Gasteiger partial charge in [-0.05, 0) is 18.2 Å². The van der Waals surface area contributed by atoms with Gasteiger partial charge in [-0.1, -0.05) is 17.7 Å². The fraction of sp³-hybridized carbons (Fsp3) is 0. The summed E-state index contributed by atoms with van der Waals surface area (Å²) < 4.78 is 26.1. The van der Waals surface area contributed by atoms with Crippen molar-refractivity contribution in [2.75, 3.05) is 4.72 Å². The predicted octanol–water partition coefficient (Wildman–Crippen LogP) is 1.22. The van der Waals surface area contributed by atoms with E-state index >= 15 is 0 Å². The zero-order valence-corrected chi connectivity index (χ0v) is 10.5. The average Bonchev–Trinajstić information content (AvgIpc) is 2.33. The lowest BCUT2D eigenvalue weighted by molar-refractivity contribution is 0.600. The summed E-state index contributed by atoms with van der Waals surface area (Å²) in [6.45, 7) is 0. The number of halogens is 1. The number of hydrogen-bond acceptors (Lipinski definition) is 4. The lowest BCUT2D eigenvalue weighted by Gasteiger charge is -2.06. The van der Waals surface area contributed by atoms with E-state index in [2.05, 4.69) is 14.7 Å². The quantitative estimate of drug-likeness (QED) is 0.887. The molecule has 0 saturated carbocycles. The number of aromatic amines is 1. The Morgan fingerprint density at radius 3 is 2.72 bits per heavy atom. The molecule has 94 valence electrons. The van der Waals surface area contributed by atoms with Crippen molar-refractivity contribution in [1.82, 2.24) is 9.97 Å². The monoisotopic (exact) mass is 285 g/mol. The van der Waals surface area contributed by atoms with Crippen LogP contribution in [0.4, 0.5) is 5.82 Å². The van der Waals surface area contributed by atoms with Crippen molar-refractivity contribution in [2.24, 2.45) is 0 Å². The molecule has 18 heavy (non-hydrogen) atoms. The van der Waals surface area contributed by atoms with Crippen molar-refractivity contribution >= 4 is 27.4 Å². The Balaban J connectivity index is 2.37. The molecule has 2 aromatic rings. The highest BCUT2D eigenvalue weighted by atomic mass is 35.5. The van der Waals surface area contributed by atoms with E-state index in [0.29, 0.717) is 0 Å². The molecule has 0 fully saturated rings. The van der Waals surface area contributed by atoms with E-state index in [1.165, 1.54) is 12.3 Å². The van der Waals surface area contributed by atoms with Gasteiger partial charge in [-0.3, -0.25) is 9.52 Å². The van der Waals surface area contributed by atoms with Crippen LogP contribution >= 0.6 is 11.6 Å². The second-order valence-corrected chi connectivity index (χ2v) is 5.42. The zero-order valence-electron chi connectivity index (χ0n) is 8.92. The fourth-order valence-corrected chi connectivity index (χ4v) is 2.45. The van der Waals surface area contributed by atoms with Gasteiger partial charge in [0.15, 0.2) is 0 Å². The molecule has 0 bridgehead atoms. The van der Waals surface area contributed by atoms with Crippen LogP contribution in [0.1, 0.15) is 0 Å². The predicted molar refractivity (Wildman–Crippen MR) is 67.1 cm³/mol. The average molecular weight is 286 g/mol. The number of aromatic nitrogens is 2. The molecule has 0 spiro atoms. The van der Waals surface area contributed by atoms with Crippen LogP contribution in [0.3, 0.4) is 0 Å². The molecule has 0 aliphatic heterocycles. The van der Waals surface area contributed by atoms with Crippen molar-refractivity contribution < 1.29 is 8.42 Å². The lowest BCUT2D eigenvalue weighted by atomic mass is 10.5. The van der Waals surface area contributed by atoms with Gasteiger partial charge in [-0.25, -0.2) is 13.4 Å². The second-order valence-electron chi connectivity index (χ2n) is 3.33. The molecule has 8 heteroatoms. The van der Waals surface area contributed by atoms with Crippen molar-refractivity contribution in [1.29, 1.82) is 0 Å². The maximum atomic E-state index is 11.9. The highest BCUT2D eigenvalue weighted by Gasteiger charge is 2.16. The molecule has 6 nitrogen and oxygen atoms in total. The Morgan fingerprint density at radius 1 is 1.33 bits per heavy atom. The van der Waals surface area contributed by atoms with Gasteiger partial charge in [-0.2, -0.15) is 0 Å². The molecule has 2 aromatic heterocycles. The number of hydrogen-bond donors (Lipinski definition) is 2. The highest BCUT2D eigenvalue weighted by molar-refractivity contribution is 7.92. The molecular weight excluding hydrogens is 278 g/mol. The number of pyridine rings is 2. The molecular formula is C10H8ClN3O3S. The molecule has 0 radical (unpaired) electrons. The topological polar surface area (TPSA) is 91.9 Å². The minimum atomic E-state index is -3.82. The Bertz CT molecular complexity index is 713.